The number of hydrogen-bond acceptors (Lipinski definition) is 13. The van der Waals surface area contributed by atoms with Crippen molar-refractivity contribution < 1.29 is 22.0 Å². The third kappa shape index (κ3) is 12.8. The molecule has 0 unspecified atom stereocenters. The second-order valence-electron chi connectivity index (χ2n) is 27.7. The van der Waals surface area contributed by atoms with Gasteiger partial charge in [-0.15, -0.1) is 0 Å². The van der Waals surface area contributed by atoms with Crippen molar-refractivity contribution in [3.63, 3.8) is 0 Å². The molecule has 0 saturated carbocycles. The van der Waals surface area contributed by atoms with E-state index in [0.29, 0.717) is 136 Å². The number of fused-ring (bicyclic) bond motifs is 6. The van der Waals surface area contributed by atoms with E-state index >= 15 is 22.0 Å². The summed E-state index contributed by atoms with van der Waals surface area (Å²) in [5.41, 5.74) is 7.86. The molecule has 0 radical (unpaired) electrons. The van der Waals surface area contributed by atoms with Crippen LogP contribution in [0.5, 0.6) is 0 Å². The minimum atomic E-state index is -2.35. The van der Waals surface area contributed by atoms with E-state index in [-0.39, 0.29) is 16.9 Å². The van der Waals surface area contributed by atoms with Crippen LogP contribution in [-0.4, -0.2) is 68.9 Å². The summed E-state index contributed by atoms with van der Waals surface area (Å²) >= 11 is 0. The summed E-state index contributed by atoms with van der Waals surface area (Å²) in [5.74, 6) is -6.50. The summed E-state index contributed by atoms with van der Waals surface area (Å²) in [4.78, 5) is 60.9. The van der Waals surface area contributed by atoms with Crippen LogP contribution < -0.4 is 0 Å². The Kier molecular flexibility index (Phi) is 17.5. The van der Waals surface area contributed by atoms with Crippen molar-refractivity contribution in [1.82, 2.24) is 68.9 Å². The van der Waals surface area contributed by atoms with Gasteiger partial charge in [-0.3, -0.25) is 0 Å². The van der Waals surface area contributed by atoms with Crippen LogP contribution in [0.15, 0.2) is 328 Å². The predicted molar refractivity (Wildman–Crippen MR) is 444 cm³/mol. The van der Waals surface area contributed by atoms with E-state index in [4.69, 9.17) is 59.8 Å². The molecule has 0 atom stereocenters. The van der Waals surface area contributed by atoms with Gasteiger partial charge in [0, 0.05) is 88.3 Å². The summed E-state index contributed by atoms with van der Waals surface area (Å²) in [5, 5.41) is 14.6. The number of halogens is 5. The van der Waals surface area contributed by atoms with E-state index < -0.39 is 40.2 Å². The lowest BCUT2D eigenvalue weighted by Gasteiger charge is -2.19. The highest BCUT2D eigenvalue weighted by molar-refractivity contribution is 6.14. The average molecular weight is 1520 g/mol. The van der Waals surface area contributed by atoms with Crippen LogP contribution in [0.25, 0.3) is 203 Å². The Hall–Kier alpha value is -16.1. The van der Waals surface area contributed by atoms with Crippen LogP contribution in [-0.2, 0) is 0 Å². The molecule has 552 valence electrons. The van der Waals surface area contributed by atoms with Gasteiger partial charge in [0.15, 0.2) is 93.2 Å². The van der Waals surface area contributed by atoms with Gasteiger partial charge in [0.1, 0.15) is 11.6 Å². The van der Waals surface area contributed by atoms with Gasteiger partial charge in [0.2, 0.25) is 5.82 Å². The van der Waals surface area contributed by atoms with Gasteiger partial charge in [-0.05, 0) is 90.5 Å². The Morgan fingerprint density at radius 3 is 0.564 bits per heavy atom. The van der Waals surface area contributed by atoms with Gasteiger partial charge in [-0.2, -0.15) is 5.26 Å². The molecule has 20 heteroatoms. The normalized spacial score (nSPS) is 11.5. The maximum absolute atomic E-state index is 17.3. The highest BCUT2D eigenvalue weighted by Crippen LogP contribution is 2.46. The fourth-order valence-electron chi connectivity index (χ4n) is 15.0. The van der Waals surface area contributed by atoms with Gasteiger partial charge in [-0.25, -0.2) is 81.8 Å². The number of rotatable bonds is 15. The lowest BCUT2D eigenvalue weighted by atomic mass is 9.98. The Labute approximate surface area is 663 Å². The van der Waals surface area contributed by atoms with Gasteiger partial charge in [0.25, 0.3) is 0 Å². The number of hydrogen-bond donors (Lipinski definition) is 0. The van der Waals surface area contributed by atoms with E-state index in [1.165, 1.54) is 12.1 Å². The van der Waals surface area contributed by atoms with Gasteiger partial charge >= 0.3 is 0 Å². The van der Waals surface area contributed by atoms with Crippen molar-refractivity contribution in [2.45, 2.75) is 0 Å². The summed E-state index contributed by atoms with van der Waals surface area (Å²) in [6, 6.07) is 104. The minimum Gasteiger partial charge on any atom is -0.308 e. The second-order valence-corrected chi connectivity index (χ2v) is 27.7. The first-order valence-electron chi connectivity index (χ1n) is 37.3. The quantitative estimate of drug-likeness (QED) is 0.0536. The van der Waals surface area contributed by atoms with Crippen LogP contribution in [0.1, 0.15) is 5.56 Å². The van der Waals surface area contributed by atoms with Crippen molar-refractivity contribution in [2.75, 3.05) is 0 Å². The first-order chi connectivity index (χ1) is 57.5. The van der Waals surface area contributed by atoms with E-state index in [0.717, 1.165) is 44.5 Å². The lowest BCUT2D eigenvalue weighted by molar-refractivity contribution is 0.381. The Morgan fingerprint density at radius 2 is 0.376 bits per heavy atom. The Balaban J connectivity index is 0.874. The van der Waals surface area contributed by atoms with Crippen molar-refractivity contribution >= 4 is 43.6 Å². The molecule has 0 aliphatic heterocycles. The first-order valence-corrected chi connectivity index (χ1v) is 37.3. The van der Waals surface area contributed by atoms with Crippen molar-refractivity contribution in [1.29, 1.82) is 5.26 Å². The molecule has 6 heterocycles. The van der Waals surface area contributed by atoms with Crippen molar-refractivity contribution in [3.8, 4) is 165 Å². The molecule has 20 rings (SSSR count). The summed E-state index contributed by atoms with van der Waals surface area (Å²) in [6.07, 6.45) is 0. The van der Waals surface area contributed by atoms with Crippen LogP contribution in [0.2, 0.25) is 0 Å². The summed E-state index contributed by atoms with van der Waals surface area (Å²) in [6.45, 7) is 0. The molecular weight excluding hydrogens is 1470 g/mol. The van der Waals surface area contributed by atoms with Crippen LogP contribution in [0, 0.1) is 40.4 Å². The highest BCUT2D eigenvalue weighted by atomic mass is 19.2. The van der Waals surface area contributed by atoms with Gasteiger partial charge in [-0.1, -0.05) is 243 Å². The number of aromatic nitrogens is 14. The Bertz CT molecular complexity index is 6340. The average Bonchev–Trinajstić information content (AvgIpc) is 1.57. The molecule has 0 fully saturated rings. The van der Waals surface area contributed by atoms with E-state index in [1.807, 2.05) is 315 Å². The third-order valence-corrected chi connectivity index (χ3v) is 20.5. The van der Waals surface area contributed by atoms with Gasteiger partial charge < -0.3 is 9.13 Å². The van der Waals surface area contributed by atoms with Crippen LogP contribution >= 0.6 is 0 Å². The van der Waals surface area contributed by atoms with E-state index in [2.05, 4.69) is 6.07 Å². The first kappa shape index (κ1) is 70.0. The topological polar surface area (TPSA) is 188 Å². The molecule has 0 spiro atoms. The molecule has 0 amide bonds. The second kappa shape index (κ2) is 29.2. The van der Waals surface area contributed by atoms with Gasteiger partial charge in [0.05, 0.1) is 39.0 Å². The molecule has 0 N–H and O–H groups in total. The zero-order valence-electron chi connectivity index (χ0n) is 61.3. The van der Waals surface area contributed by atoms with E-state index in [1.54, 1.807) is 9.13 Å². The standard InChI is InChI=1S/C97H54F5N15/c98-81-80(82(99)84(101)85(102)83(81)100)68-53-78(116-74-45-41-64(94-108-86(56-25-9-1-10-26-56)104-87(109-94)57-27-11-2-12-28-57)49-69(74)70-50-65(42-46-75(70)116)95-110-88(58-29-13-3-14-30-58)105-89(111-95)59-31-15-4-16-32-59)73(55-103)79(54-68)117-76-47-43-66(96-112-90(60-33-17-5-18-34-60)106-91(113-96)61-35-19-6-20-36-61)51-71(76)72-52-67(44-48-77(72)117)97-114-92(62-37-21-7-22-38-62)107-93(115-97)63-39-23-8-24-40-63/h1-54H. The van der Waals surface area contributed by atoms with Crippen molar-refractivity contribution in [3.05, 3.63) is 362 Å². The monoisotopic (exact) mass is 1520 g/mol. The fourth-order valence-corrected chi connectivity index (χ4v) is 15.0. The molecule has 0 aliphatic rings. The summed E-state index contributed by atoms with van der Waals surface area (Å²) in [7, 11) is 0. The maximum Gasteiger partial charge on any atom is 0.200 e. The smallest absolute Gasteiger partial charge is 0.200 e. The molecule has 15 nitrogen and oxygen atoms in total. The third-order valence-electron chi connectivity index (χ3n) is 20.5. The fraction of sp³-hybridized carbons (Fsp3) is 0. The summed E-state index contributed by atoms with van der Waals surface area (Å²) < 4.78 is 86.1. The van der Waals surface area contributed by atoms with Crippen LogP contribution in [0.3, 0.4) is 0 Å². The zero-order chi connectivity index (χ0) is 78.8. The number of benzene rings is 14. The maximum atomic E-state index is 17.3. The van der Waals surface area contributed by atoms with Crippen molar-refractivity contribution in [2.24, 2.45) is 0 Å². The zero-order valence-corrected chi connectivity index (χ0v) is 61.3. The lowest BCUT2D eigenvalue weighted by Crippen LogP contribution is -2.08. The highest BCUT2D eigenvalue weighted by Gasteiger charge is 2.32. The molecule has 0 aliphatic carbocycles. The molecule has 0 saturated heterocycles. The largest absolute Gasteiger partial charge is 0.308 e. The number of nitrogens with zero attached hydrogens (tertiary/aromatic N) is 15. The van der Waals surface area contributed by atoms with E-state index in [9.17, 15) is 5.26 Å². The molecular formula is C97H54F5N15. The minimum absolute atomic E-state index is 0.0207. The van der Waals surface area contributed by atoms with Crippen LogP contribution in [0.4, 0.5) is 22.0 Å². The molecule has 0 bridgehead atoms. The molecule has 117 heavy (non-hydrogen) atoms. The molecule has 20 aromatic rings. The molecule has 6 aromatic heterocycles. The molecule has 14 aromatic carbocycles. The Morgan fingerprint density at radius 1 is 0.197 bits per heavy atom. The SMILES string of the molecule is N#Cc1c(-n2c3ccc(-c4nc(-c5ccccc5)nc(-c5ccccc5)n4)cc3c3cc(-c4nc(-c5ccccc5)nc(-c5ccccc5)n4)ccc32)cc(-c2c(F)c(F)c(F)c(F)c2F)cc1-n1c2ccc(-c3nc(-c4ccccc4)nc(-c4ccccc4)n3)cc2c2cc(-c3nc(-c4ccccc4)nc(-c4ccccc4)n3)ccc21. The predicted octanol–water partition coefficient (Wildman–Crippen LogP) is 22.9. The number of nitriles is 1.